The fourth-order valence-electron chi connectivity index (χ4n) is 3.67. The standard InChI is InChI=1S/C23H26F3N3O7S2/c1-22(2,3)14-11-15(20(35-5)16(12-14)28-37(6,31)32)27-21(30)17-10-13-8-7-9-18(19(13)29(17)4)36-38(33,34)23(24,25)26/h7-12,28H,1-6H3,(H,27,30). The highest BCUT2D eigenvalue weighted by Crippen LogP contribution is 2.40. The summed E-state index contributed by atoms with van der Waals surface area (Å²) in [5.41, 5.74) is -5.37. The van der Waals surface area contributed by atoms with Gasteiger partial charge >= 0.3 is 15.6 Å². The smallest absolute Gasteiger partial charge is 0.492 e. The van der Waals surface area contributed by atoms with E-state index in [-0.39, 0.29) is 33.7 Å². The zero-order chi connectivity index (χ0) is 28.8. The Balaban J connectivity index is 2.11. The molecule has 0 radical (unpaired) electrons. The summed E-state index contributed by atoms with van der Waals surface area (Å²) in [7, 11) is -7.03. The molecule has 38 heavy (non-hydrogen) atoms. The molecule has 0 bridgehead atoms. The molecule has 3 rings (SSSR count). The van der Waals surface area contributed by atoms with Crippen LogP contribution < -0.4 is 19.0 Å². The van der Waals surface area contributed by atoms with Crippen molar-refractivity contribution < 1.29 is 43.7 Å². The number of methoxy groups -OCH3 is 1. The van der Waals surface area contributed by atoms with Crippen LogP contribution in [0.3, 0.4) is 0 Å². The van der Waals surface area contributed by atoms with Gasteiger partial charge in [0.1, 0.15) is 5.69 Å². The van der Waals surface area contributed by atoms with Gasteiger partial charge in [-0.25, -0.2) is 8.42 Å². The van der Waals surface area contributed by atoms with Crippen LogP contribution in [-0.2, 0) is 32.6 Å². The summed E-state index contributed by atoms with van der Waals surface area (Å²) in [6.45, 7) is 5.64. The predicted octanol–water partition coefficient (Wildman–Crippen LogP) is 4.34. The van der Waals surface area contributed by atoms with E-state index in [1.807, 2.05) is 20.8 Å². The lowest BCUT2D eigenvalue weighted by atomic mass is 9.86. The Kier molecular flexibility index (Phi) is 7.42. The monoisotopic (exact) mass is 577 g/mol. The van der Waals surface area contributed by atoms with Crippen LogP contribution in [-0.4, -0.2) is 46.2 Å². The van der Waals surface area contributed by atoms with Crippen molar-refractivity contribution >= 4 is 48.3 Å². The maximum Gasteiger partial charge on any atom is 0.534 e. The molecule has 208 valence electrons. The third-order valence-electron chi connectivity index (χ3n) is 5.44. The number of alkyl halides is 3. The van der Waals surface area contributed by atoms with Gasteiger partial charge in [-0.15, -0.1) is 0 Å². The molecule has 0 spiro atoms. The van der Waals surface area contributed by atoms with Gasteiger partial charge in [-0.3, -0.25) is 9.52 Å². The average molecular weight is 578 g/mol. The molecular weight excluding hydrogens is 551 g/mol. The number of para-hydroxylation sites is 1. The second kappa shape index (κ2) is 9.69. The van der Waals surface area contributed by atoms with Gasteiger partial charge < -0.3 is 18.8 Å². The average Bonchev–Trinajstić information content (AvgIpc) is 3.08. The van der Waals surface area contributed by atoms with Gasteiger partial charge in [-0.05, 0) is 35.2 Å². The first-order valence-corrected chi connectivity index (χ1v) is 14.2. The molecule has 15 heteroatoms. The number of ether oxygens (including phenoxy) is 1. The van der Waals surface area contributed by atoms with Crippen molar-refractivity contribution in [2.45, 2.75) is 31.7 Å². The summed E-state index contributed by atoms with van der Waals surface area (Å²) in [6.07, 6.45) is 0.961. The molecule has 0 aliphatic carbocycles. The Morgan fingerprint density at radius 1 is 1.00 bits per heavy atom. The molecule has 1 aromatic heterocycles. The normalized spacial score (nSPS) is 12.9. The van der Waals surface area contributed by atoms with Gasteiger partial charge in [0.15, 0.2) is 11.5 Å². The molecule has 2 aromatic carbocycles. The van der Waals surface area contributed by atoms with Gasteiger partial charge in [0.05, 0.1) is 30.3 Å². The first-order valence-electron chi connectivity index (χ1n) is 10.9. The number of sulfonamides is 1. The fourth-order valence-corrected chi connectivity index (χ4v) is 4.68. The Labute approximate surface area is 217 Å². The summed E-state index contributed by atoms with van der Waals surface area (Å²) in [5, 5.41) is 2.89. The first-order chi connectivity index (χ1) is 17.2. The predicted molar refractivity (Wildman–Crippen MR) is 137 cm³/mol. The number of aromatic nitrogens is 1. The van der Waals surface area contributed by atoms with E-state index in [0.29, 0.717) is 5.56 Å². The molecule has 0 saturated carbocycles. The quantitative estimate of drug-likeness (QED) is 0.315. The lowest BCUT2D eigenvalue weighted by Gasteiger charge is -2.24. The number of carbonyl (C=O) groups is 1. The topological polar surface area (TPSA) is 133 Å². The highest BCUT2D eigenvalue weighted by Gasteiger charge is 2.48. The minimum atomic E-state index is -5.95. The van der Waals surface area contributed by atoms with Crippen molar-refractivity contribution in [3.63, 3.8) is 0 Å². The third-order valence-corrected chi connectivity index (χ3v) is 6.99. The Morgan fingerprint density at radius 2 is 1.61 bits per heavy atom. The van der Waals surface area contributed by atoms with Gasteiger partial charge in [0.2, 0.25) is 10.0 Å². The molecule has 0 aliphatic rings. The molecule has 10 nitrogen and oxygen atoms in total. The van der Waals surface area contributed by atoms with Crippen molar-refractivity contribution in [1.29, 1.82) is 0 Å². The van der Waals surface area contributed by atoms with Crippen LogP contribution in [0.2, 0.25) is 0 Å². The SMILES string of the molecule is COc1c(NC(=O)c2cc3cccc(OS(=O)(=O)C(F)(F)F)c3n2C)cc(C(C)(C)C)cc1NS(C)(=O)=O. The van der Waals surface area contributed by atoms with Gasteiger partial charge in [-0.1, -0.05) is 32.9 Å². The van der Waals surface area contributed by atoms with Gasteiger partial charge in [0.25, 0.3) is 5.91 Å². The second-order valence-electron chi connectivity index (χ2n) is 9.45. The molecule has 1 amide bonds. The zero-order valence-electron chi connectivity index (χ0n) is 21.2. The summed E-state index contributed by atoms with van der Waals surface area (Å²) < 4.78 is 98.9. The molecule has 0 saturated heterocycles. The molecule has 0 fully saturated rings. The number of hydrogen-bond donors (Lipinski definition) is 2. The van der Waals surface area contributed by atoms with Crippen LogP contribution in [0.4, 0.5) is 24.5 Å². The number of aryl methyl sites for hydroxylation is 1. The molecule has 3 aromatic rings. The number of benzene rings is 2. The summed E-state index contributed by atoms with van der Waals surface area (Å²) in [4.78, 5) is 13.3. The number of nitrogens with zero attached hydrogens (tertiary/aromatic N) is 1. The van der Waals surface area contributed by atoms with Crippen molar-refractivity contribution in [1.82, 2.24) is 4.57 Å². The molecule has 0 unspecified atom stereocenters. The van der Waals surface area contributed by atoms with Crippen LogP contribution in [0.5, 0.6) is 11.5 Å². The van der Waals surface area contributed by atoms with E-state index in [1.165, 1.54) is 36.9 Å². The summed E-state index contributed by atoms with van der Waals surface area (Å²) in [6, 6.07) is 8.31. The molecular formula is C23H26F3N3O7S2. The lowest BCUT2D eigenvalue weighted by molar-refractivity contribution is -0.0499. The minimum Gasteiger partial charge on any atom is -0.492 e. The molecule has 0 aliphatic heterocycles. The number of amides is 1. The zero-order valence-corrected chi connectivity index (χ0v) is 22.9. The van der Waals surface area contributed by atoms with E-state index in [1.54, 1.807) is 12.1 Å². The fraction of sp³-hybridized carbons (Fsp3) is 0.348. The highest BCUT2D eigenvalue weighted by molar-refractivity contribution is 7.92. The molecule has 1 heterocycles. The first kappa shape index (κ1) is 29.1. The molecule has 2 N–H and O–H groups in total. The Morgan fingerprint density at radius 3 is 2.13 bits per heavy atom. The number of hydrogen-bond acceptors (Lipinski definition) is 7. The summed E-state index contributed by atoms with van der Waals surface area (Å²) in [5.74, 6) is -1.33. The highest BCUT2D eigenvalue weighted by atomic mass is 32.2. The molecule has 0 atom stereocenters. The largest absolute Gasteiger partial charge is 0.534 e. The van der Waals surface area contributed by atoms with E-state index in [2.05, 4.69) is 14.2 Å². The number of halogens is 3. The number of nitrogens with one attached hydrogen (secondary N) is 2. The van der Waals surface area contributed by atoms with Crippen molar-refractivity contribution in [3.05, 3.63) is 47.7 Å². The number of anilines is 2. The van der Waals surface area contributed by atoms with E-state index in [4.69, 9.17) is 4.74 Å². The minimum absolute atomic E-state index is 0.0239. The van der Waals surface area contributed by atoms with Crippen LogP contribution in [0, 0.1) is 0 Å². The van der Waals surface area contributed by atoms with Crippen molar-refractivity contribution in [3.8, 4) is 11.5 Å². The number of fused-ring (bicyclic) bond motifs is 1. The lowest BCUT2D eigenvalue weighted by Crippen LogP contribution is -2.28. The van der Waals surface area contributed by atoms with Crippen LogP contribution in [0.15, 0.2) is 36.4 Å². The van der Waals surface area contributed by atoms with E-state index >= 15 is 0 Å². The van der Waals surface area contributed by atoms with Crippen molar-refractivity contribution in [2.24, 2.45) is 7.05 Å². The van der Waals surface area contributed by atoms with E-state index in [0.717, 1.165) is 12.3 Å². The Bertz CT molecular complexity index is 1620. The number of rotatable bonds is 7. The Hall–Kier alpha value is -3.46. The summed E-state index contributed by atoms with van der Waals surface area (Å²) >= 11 is 0. The van der Waals surface area contributed by atoms with Gasteiger partial charge in [-0.2, -0.15) is 21.6 Å². The van der Waals surface area contributed by atoms with Crippen LogP contribution >= 0.6 is 0 Å². The van der Waals surface area contributed by atoms with E-state index in [9.17, 15) is 34.8 Å². The van der Waals surface area contributed by atoms with Gasteiger partial charge in [0, 0.05) is 12.4 Å². The maximum atomic E-state index is 13.3. The van der Waals surface area contributed by atoms with Crippen molar-refractivity contribution in [2.75, 3.05) is 23.4 Å². The second-order valence-corrected chi connectivity index (χ2v) is 12.7. The third kappa shape index (κ3) is 5.99. The number of carbonyl (C=O) groups excluding carboxylic acids is 1. The van der Waals surface area contributed by atoms with Crippen LogP contribution in [0.1, 0.15) is 36.8 Å². The van der Waals surface area contributed by atoms with E-state index < -0.39 is 42.7 Å². The van der Waals surface area contributed by atoms with Crippen LogP contribution in [0.25, 0.3) is 10.9 Å². The maximum absolute atomic E-state index is 13.3.